The molecule has 0 bridgehead atoms. The molecule has 3 rings (SSSR count). The predicted molar refractivity (Wildman–Crippen MR) is 96.5 cm³/mol. The number of anilines is 1. The van der Waals surface area contributed by atoms with Crippen molar-refractivity contribution < 1.29 is 14.3 Å². The molecule has 0 radical (unpaired) electrons. The van der Waals surface area contributed by atoms with Crippen molar-refractivity contribution in [2.75, 3.05) is 11.9 Å². The maximum atomic E-state index is 12.1. The fourth-order valence-corrected chi connectivity index (χ4v) is 2.79. The molecule has 130 valence electrons. The number of hydrogen-bond acceptors (Lipinski definition) is 3. The van der Waals surface area contributed by atoms with E-state index in [1.54, 1.807) is 0 Å². The van der Waals surface area contributed by atoms with E-state index in [2.05, 4.69) is 16.7 Å². The highest BCUT2D eigenvalue weighted by atomic mass is 16.5. The summed E-state index contributed by atoms with van der Waals surface area (Å²) in [5.74, 6) is 0.621. The Morgan fingerprint density at radius 2 is 2.08 bits per heavy atom. The van der Waals surface area contributed by atoms with E-state index in [1.165, 1.54) is 11.1 Å². The molecule has 2 aromatic rings. The van der Waals surface area contributed by atoms with Crippen molar-refractivity contribution >= 4 is 17.5 Å². The number of benzene rings is 2. The van der Waals surface area contributed by atoms with Gasteiger partial charge in [-0.2, -0.15) is 0 Å². The number of hydrogen-bond donors (Lipinski definition) is 2. The molecule has 5 heteroatoms. The molecule has 0 saturated heterocycles. The summed E-state index contributed by atoms with van der Waals surface area (Å²) in [7, 11) is 0. The molecule has 5 nitrogen and oxygen atoms in total. The first-order valence-electron chi connectivity index (χ1n) is 8.48. The standard InChI is InChI=1S/C20H22N2O3/c1-14-3-2-4-15(11-14)6-8-19(23)21-13-16-5-7-18-17(12-16)22-20(24)9-10-25-18/h2-5,7,11-12H,6,8-10,13H2,1H3,(H,21,23)(H,22,24). The van der Waals surface area contributed by atoms with Gasteiger partial charge in [0.15, 0.2) is 0 Å². The molecule has 2 aromatic carbocycles. The molecular formula is C20H22N2O3. The summed E-state index contributed by atoms with van der Waals surface area (Å²) in [5, 5.41) is 5.75. The molecule has 2 amide bonds. The van der Waals surface area contributed by atoms with Crippen LogP contribution in [-0.4, -0.2) is 18.4 Å². The van der Waals surface area contributed by atoms with Gasteiger partial charge in [-0.15, -0.1) is 0 Å². The molecule has 1 heterocycles. The van der Waals surface area contributed by atoms with Crippen molar-refractivity contribution in [3.8, 4) is 5.75 Å². The van der Waals surface area contributed by atoms with Gasteiger partial charge in [0.1, 0.15) is 5.75 Å². The third kappa shape index (κ3) is 4.83. The summed E-state index contributed by atoms with van der Waals surface area (Å²) in [6.45, 7) is 2.86. The number of amides is 2. The summed E-state index contributed by atoms with van der Waals surface area (Å²) < 4.78 is 5.53. The van der Waals surface area contributed by atoms with Crippen LogP contribution < -0.4 is 15.4 Å². The average Bonchev–Trinajstić information content (AvgIpc) is 2.78. The number of aryl methyl sites for hydroxylation is 2. The van der Waals surface area contributed by atoms with Crippen molar-refractivity contribution in [2.24, 2.45) is 0 Å². The fraction of sp³-hybridized carbons (Fsp3) is 0.300. The molecule has 0 saturated carbocycles. The second kappa shape index (κ2) is 7.83. The van der Waals surface area contributed by atoms with E-state index < -0.39 is 0 Å². The van der Waals surface area contributed by atoms with Gasteiger partial charge < -0.3 is 15.4 Å². The van der Waals surface area contributed by atoms with Crippen LogP contribution in [0.5, 0.6) is 5.75 Å². The Bertz CT molecular complexity index is 786. The van der Waals surface area contributed by atoms with E-state index in [1.807, 2.05) is 43.3 Å². The van der Waals surface area contributed by atoms with Gasteiger partial charge in [0.05, 0.1) is 18.7 Å². The van der Waals surface area contributed by atoms with Crippen molar-refractivity contribution in [2.45, 2.75) is 32.7 Å². The molecule has 0 aromatic heterocycles. The SMILES string of the molecule is Cc1cccc(CCC(=O)NCc2ccc3c(c2)NC(=O)CCO3)c1. The minimum Gasteiger partial charge on any atom is -0.491 e. The maximum absolute atomic E-state index is 12.1. The largest absolute Gasteiger partial charge is 0.491 e. The lowest BCUT2D eigenvalue weighted by atomic mass is 10.1. The van der Waals surface area contributed by atoms with Crippen LogP contribution >= 0.6 is 0 Å². The lowest BCUT2D eigenvalue weighted by molar-refractivity contribution is -0.121. The number of carbonyl (C=O) groups is 2. The van der Waals surface area contributed by atoms with Crippen LogP contribution in [0.25, 0.3) is 0 Å². The molecule has 0 unspecified atom stereocenters. The quantitative estimate of drug-likeness (QED) is 0.881. The Morgan fingerprint density at radius 3 is 2.92 bits per heavy atom. The van der Waals surface area contributed by atoms with E-state index in [0.717, 1.165) is 12.0 Å². The van der Waals surface area contributed by atoms with Gasteiger partial charge in [-0.1, -0.05) is 35.9 Å². The Hall–Kier alpha value is -2.82. The summed E-state index contributed by atoms with van der Waals surface area (Å²) in [6, 6.07) is 13.8. The van der Waals surface area contributed by atoms with E-state index >= 15 is 0 Å². The summed E-state index contributed by atoms with van der Waals surface area (Å²) in [5.41, 5.74) is 3.95. The number of rotatable bonds is 5. The molecule has 1 aliphatic rings. The van der Waals surface area contributed by atoms with Crippen molar-refractivity contribution in [1.29, 1.82) is 0 Å². The minimum absolute atomic E-state index is 0.0109. The zero-order valence-electron chi connectivity index (χ0n) is 14.3. The van der Waals surface area contributed by atoms with Gasteiger partial charge in [0.2, 0.25) is 11.8 Å². The van der Waals surface area contributed by atoms with Crippen LogP contribution in [0.1, 0.15) is 29.5 Å². The third-order valence-corrected chi connectivity index (χ3v) is 4.12. The number of ether oxygens (including phenoxy) is 1. The maximum Gasteiger partial charge on any atom is 0.227 e. The van der Waals surface area contributed by atoms with Gasteiger partial charge >= 0.3 is 0 Å². The highest BCUT2D eigenvalue weighted by Crippen LogP contribution is 2.28. The first-order valence-corrected chi connectivity index (χ1v) is 8.48. The van der Waals surface area contributed by atoms with Gasteiger partial charge in [-0.3, -0.25) is 9.59 Å². The van der Waals surface area contributed by atoms with Gasteiger partial charge in [-0.05, 0) is 36.6 Å². The first-order chi connectivity index (χ1) is 12.1. The van der Waals surface area contributed by atoms with Crippen molar-refractivity contribution in [3.05, 3.63) is 59.2 Å². The topological polar surface area (TPSA) is 67.4 Å². The van der Waals surface area contributed by atoms with Crippen molar-refractivity contribution in [1.82, 2.24) is 5.32 Å². The van der Waals surface area contributed by atoms with Crippen LogP contribution in [-0.2, 0) is 22.6 Å². The number of fused-ring (bicyclic) bond motifs is 1. The normalized spacial score (nSPS) is 13.2. The second-order valence-electron chi connectivity index (χ2n) is 6.24. The van der Waals surface area contributed by atoms with E-state index in [4.69, 9.17) is 4.74 Å². The molecule has 2 N–H and O–H groups in total. The summed E-state index contributed by atoms with van der Waals surface area (Å²) >= 11 is 0. The molecular weight excluding hydrogens is 316 g/mol. The Morgan fingerprint density at radius 1 is 1.20 bits per heavy atom. The smallest absolute Gasteiger partial charge is 0.227 e. The number of carbonyl (C=O) groups excluding carboxylic acids is 2. The van der Waals surface area contributed by atoms with E-state index in [9.17, 15) is 9.59 Å². The highest BCUT2D eigenvalue weighted by Gasteiger charge is 2.14. The summed E-state index contributed by atoms with van der Waals surface area (Å²) in [4.78, 5) is 23.7. The van der Waals surface area contributed by atoms with Crippen LogP contribution in [0.3, 0.4) is 0 Å². The minimum atomic E-state index is -0.0573. The predicted octanol–water partition coefficient (Wildman–Crippen LogP) is 2.97. The molecule has 0 atom stereocenters. The van der Waals surface area contributed by atoms with Crippen LogP contribution in [0.15, 0.2) is 42.5 Å². The Balaban J connectivity index is 1.53. The molecule has 0 aliphatic carbocycles. The monoisotopic (exact) mass is 338 g/mol. The highest BCUT2D eigenvalue weighted by molar-refractivity contribution is 5.93. The summed E-state index contributed by atoms with van der Waals surface area (Å²) in [6.07, 6.45) is 1.52. The lowest BCUT2D eigenvalue weighted by Gasteiger charge is -2.10. The van der Waals surface area contributed by atoms with Gasteiger partial charge in [0, 0.05) is 13.0 Å². The second-order valence-corrected chi connectivity index (χ2v) is 6.24. The molecule has 1 aliphatic heterocycles. The van der Waals surface area contributed by atoms with E-state index in [-0.39, 0.29) is 11.8 Å². The van der Waals surface area contributed by atoms with Crippen LogP contribution in [0, 0.1) is 6.92 Å². The fourth-order valence-electron chi connectivity index (χ4n) is 2.79. The van der Waals surface area contributed by atoms with Gasteiger partial charge in [0.25, 0.3) is 0 Å². The molecule has 0 fully saturated rings. The molecule has 25 heavy (non-hydrogen) atoms. The Labute approximate surface area is 147 Å². The Kier molecular flexibility index (Phi) is 5.33. The van der Waals surface area contributed by atoms with Crippen molar-refractivity contribution in [3.63, 3.8) is 0 Å². The molecule has 0 spiro atoms. The van der Waals surface area contributed by atoms with Crippen LogP contribution in [0.2, 0.25) is 0 Å². The zero-order valence-corrected chi connectivity index (χ0v) is 14.3. The first kappa shape index (κ1) is 17.0. The number of nitrogens with one attached hydrogen (secondary N) is 2. The zero-order chi connectivity index (χ0) is 17.6. The third-order valence-electron chi connectivity index (χ3n) is 4.12. The van der Waals surface area contributed by atoms with Crippen LogP contribution in [0.4, 0.5) is 5.69 Å². The van der Waals surface area contributed by atoms with E-state index in [0.29, 0.717) is 37.4 Å². The van der Waals surface area contributed by atoms with Gasteiger partial charge in [-0.25, -0.2) is 0 Å². The lowest BCUT2D eigenvalue weighted by Crippen LogP contribution is -2.23. The average molecular weight is 338 g/mol.